The number of hydrogen-bond donors (Lipinski definition) is 7. The molecule has 0 amide bonds. The molecular weight excluding hydrogens is 478 g/mol. The van der Waals surface area contributed by atoms with Crippen LogP contribution in [0.3, 0.4) is 0 Å². The smallest absolute Gasteiger partial charge is 0.112 e. The summed E-state index contributed by atoms with van der Waals surface area (Å²) in [5, 5.41) is 65.6. The zero-order valence-electron chi connectivity index (χ0n) is 20.8. The summed E-state index contributed by atoms with van der Waals surface area (Å²) in [5.41, 5.74) is 1.87. The molecule has 0 spiro atoms. The molecule has 0 unspecified atom stereocenters. The van der Waals surface area contributed by atoms with Crippen LogP contribution in [0.15, 0.2) is 60.7 Å². The molecular formula is C28H39NO8. The van der Waals surface area contributed by atoms with Crippen molar-refractivity contribution in [2.24, 2.45) is 11.8 Å². The van der Waals surface area contributed by atoms with Gasteiger partial charge in [-0.2, -0.15) is 0 Å². The highest BCUT2D eigenvalue weighted by Crippen LogP contribution is 2.33. The second-order valence-electron chi connectivity index (χ2n) is 10.2. The lowest BCUT2D eigenvalue weighted by Crippen LogP contribution is -2.66. The minimum atomic E-state index is -1.42. The van der Waals surface area contributed by atoms with Gasteiger partial charge in [0.25, 0.3) is 0 Å². The Bertz CT molecular complexity index is 932. The van der Waals surface area contributed by atoms with Crippen LogP contribution < -0.4 is 5.32 Å². The van der Waals surface area contributed by atoms with Crippen molar-refractivity contribution in [2.45, 2.75) is 74.8 Å². The Labute approximate surface area is 217 Å². The minimum absolute atomic E-state index is 0.236. The maximum Gasteiger partial charge on any atom is 0.112 e. The lowest BCUT2D eigenvalue weighted by Gasteiger charge is -2.48. The molecule has 2 aliphatic carbocycles. The molecule has 2 fully saturated rings. The van der Waals surface area contributed by atoms with Crippen LogP contribution in [0.5, 0.6) is 0 Å². The van der Waals surface area contributed by atoms with Crippen molar-refractivity contribution in [2.75, 3.05) is 13.2 Å². The van der Waals surface area contributed by atoms with E-state index in [0.29, 0.717) is 6.42 Å². The molecule has 0 saturated heterocycles. The first-order valence-electron chi connectivity index (χ1n) is 12.9. The third-order valence-corrected chi connectivity index (χ3v) is 7.72. The van der Waals surface area contributed by atoms with Crippen LogP contribution in [0.1, 0.15) is 24.0 Å². The molecule has 204 valence electrons. The number of hydrogen-bond acceptors (Lipinski definition) is 9. The van der Waals surface area contributed by atoms with Crippen LogP contribution in [-0.4, -0.2) is 92.6 Å². The fraction of sp³-hybridized carbons (Fsp3) is 0.571. The number of rotatable bonds is 10. The van der Waals surface area contributed by atoms with Gasteiger partial charge in [0.15, 0.2) is 0 Å². The predicted molar refractivity (Wildman–Crippen MR) is 135 cm³/mol. The zero-order chi connectivity index (χ0) is 26.4. The van der Waals surface area contributed by atoms with E-state index in [1.54, 1.807) is 0 Å². The molecule has 0 aromatic heterocycles. The first-order chi connectivity index (χ1) is 17.9. The van der Waals surface area contributed by atoms with Crippen molar-refractivity contribution in [1.29, 1.82) is 0 Å². The van der Waals surface area contributed by atoms with Gasteiger partial charge in [0.05, 0.1) is 31.5 Å². The summed E-state index contributed by atoms with van der Waals surface area (Å²) in [6.45, 7) is -0.0896. The summed E-state index contributed by atoms with van der Waals surface area (Å²) in [6.07, 6.45) is -5.75. The van der Waals surface area contributed by atoms with Crippen molar-refractivity contribution < 1.29 is 40.1 Å². The lowest BCUT2D eigenvalue weighted by molar-refractivity contribution is -0.187. The predicted octanol–water partition coefficient (Wildman–Crippen LogP) is -0.0480. The van der Waals surface area contributed by atoms with E-state index in [1.807, 2.05) is 60.7 Å². The molecule has 0 heterocycles. The standard InChI is InChI=1S/C28H39NO8/c30-13-19-11-21(25(34)26(35)23(19)32)29-22-12-20(14-31)24(33)28(37-16-18-9-5-2-6-10-18)27(22)36-15-17-7-3-1-4-8-17/h1-10,19-35H,11-16H2/t19-,20-,21+,22+,23-,24-,25+,26+,27+,28+/m1/s1. The van der Waals surface area contributed by atoms with Gasteiger partial charge in [0.1, 0.15) is 18.3 Å². The van der Waals surface area contributed by atoms with Gasteiger partial charge in [-0.1, -0.05) is 60.7 Å². The molecule has 0 radical (unpaired) electrons. The van der Waals surface area contributed by atoms with Crippen LogP contribution in [0.2, 0.25) is 0 Å². The molecule has 9 nitrogen and oxygen atoms in total. The Morgan fingerprint density at radius 2 is 1.08 bits per heavy atom. The molecule has 10 atom stereocenters. The Kier molecular flexibility index (Phi) is 10.1. The maximum atomic E-state index is 11.2. The lowest BCUT2D eigenvalue weighted by atomic mass is 9.76. The normalized spacial score (nSPS) is 36.4. The Hall–Kier alpha value is -1.92. The van der Waals surface area contributed by atoms with Crippen molar-refractivity contribution in [3.05, 3.63) is 71.8 Å². The topological polar surface area (TPSA) is 152 Å². The number of nitrogens with one attached hydrogen (secondary N) is 1. The molecule has 2 aromatic rings. The molecule has 7 N–H and O–H groups in total. The van der Waals surface area contributed by atoms with E-state index in [0.717, 1.165) is 11.1 Å². The van der Waals surface area contributed by atoms with Crippen LogP contribution in [0, 0.1) is 11.8 Å². The third kappa shape index (κ3) is 6.75. The molecule has 37 heavy (non-hydrogen) atoms. The van der Waals surface area contributed by atoms with Crippen LogP contribution in [0.25, 0.3) is 0 Å². The quantitative estimate of drug-likeness (QED) is 0.230. The van der Waals surface area contributed by atoms with Gasteiger partial charge in [-0.05, 0) is 24.0 Å². The summed E-state index contributed by atoms with van der Waals surface area (Å²) in [7, 11) is 0. The average Bonchev–Trinajstić information content (AvgIpc) is 2.93. The van der Waals surface area contributed by atoms with Gasteiger partial charge in [0.2, 0.25) is 0 Å². The van der Waals surface area contributed by atoms with Gasteiger partial charge in [0, 0.05) is 37.1 Å². The SMILES string of the molecule is OC[C@H]1C[C@H](N[C@H]2C[C@H](CO)[C@@H](O)[C@H](OCc3ccccc3)[C@H]2OCc2ccccc2)[C@H](O)[C@@H](O)[C@@H]1O. The van der Waals surface area contributed by atoms with E-state index in [9.17, 15) is 30.6 Å². The highest BCUT2D eigenvalue weighted by molar-refractivity contribution is 5.15. The number of ether oxygens (including phenoxy) is 2. The van der Waals surface area contributed by atoms with Crippen molar-refractivity contribution >= 4 is 0 Å². The van der Waals surface area contributed by atoms with Gasteiger partial charge in [-0.3, -0.25) is 0 Å². The molecule has 0 bridgehead atoms. The largest absolute Gasteiger partial charge is 0.396 e. The average molecular weight is 518 g/mol. The van der Waals surface area contributed by atoms with E-state index in [4.69, 9.17) is 9.47 Å². The highest BCUT2D eigenvalue weighted by atomic mass is 16.5. The molecule has 2 aliphatic rings. The molecule has 9 heteroatoms. The monoisotopic (exact) mass is 517 g/mol. The van der Waals surface area contributed by atoms with Crippen molar-refractivity contribution in [3.63, 3.8) is 0 Å². The Morgan fingerprint density at radius 3 is 1.62 bits per heavy atom. The first kappa shape index (κ1) is 28.1. The van der Waals surface area contributed by atoms with Gasteiger partial charge < -0.3 is 45.4 Å². The van der Waals surface area contributed by atoms with E-state index in [-0.39, 0.29) is 32.8 Å². The van der Waals surface area contributed by atoms with E-state index >= 15 is 0 Å². The summed E-state index contributed by atoms with van der Waals surface area (Å²) in [4.78, 5) is 0. The van der Waals surface area contributed by atoms with Gasteiger partial charge >= 0.3 is 0 Å². The fourth-order valence-electron chi connectivity index (χ4n) is 5.52. The number of aliphatic hydroxyl groups excluding tert-OH is 6. The Morgan fingerprint density at radius 1 is 0.595 bits per heavy atom. The van der Waals surface area contributed by atoms with Crippen LogP contribution in [-0.2, 0) is 22.7 Å². The van der Waals surface area contributed by atoms with Gasteiger partial charge in [-0.25, -0.2) is 0 Å². The Balaban J connectivity index is 1.57. The fourth-order valence-corrected chi connectivity index (χ4v) is 5.52. The molecule has 0 aliphatic heterocycles. The third-order valence-electron chi connectivity index (χ3n) is 7.72. The first-order valence-corrected chi connectivity index (χ1v) is 12.9. The van der Waals surface area contributed by atoms with Crippen LogP contribution >= 0.6 is 0 Å². The second kappa shape index (κ2) is 13.2. The molecule has 2 aromatic carbocycles. The van der Waals surface area contributed by atoms with E-state index < -0.39 is 60.5 Å². The number of aliphatic hydroxyl groups is 6. The van der Waals surface area contributed by atoms with E-state index in [1.165, 1.54) is 0 Å². The maximum absolute atomic E-state index is 11.2. The second-order valence-corrected chi connectivity index (χ2v) is 10.2. The molecule has 4 rings (SSSR count). The summed E-state index contributed by atoms with van der Waals surface area (Å²) < 4.78 is 12.6. The van der Waals surface area contributed by atoms with Gasteiger partial charge in [-0.15, -0.1) is 0 Å². The highest BCUT2D eigenvalue weighted by Gasteiger charge is 2.49. The zero-order valence-corrected chi connectivity index (χ0v) is 20.8. The van der Waals surface area contributed by atoms with E-state index in [2.05, 4.69) is 5.32 Å². The van der Waals surface area contributed by atoms with Crippen molar-refractivity contribution in [1.82, 2.24) is 5.32 Å². The summed E-state index contributed by atoms with van der Waals surface area (Å²) in [5.74, 6) is -1.10. The van der Waals surface area contributed by atoms with Crippen molar-refractivity contribution in [3.8, 4) is 0 Å². The summed E-state index contributed by atoms with van der Waals surface area (Å²) >= 11 is 0. The number of benzene rings is 2. The van der Waals surface area contributed by atoms with Crippen LogP contribution in [0.4, 0.5) is 0 Å². The molecule has 2 saturated carbocycles. The minimum Gasteiger partial charge on any atom is -0.396 e. The summed E-state index contributed by atoms with van der Waals surface area (Å²) in [6, 6.07) is 18.1.